The lowest BCUT2D eigenvalue weighted by Crippen LogP contribution is -2.68. The van der Waals surface area contributed by atoms with Gasteiger partial charge in [-0.05, 0) is 73.0 Å². The number of aliphatic hydroxyl groups excluding tert-OH is 1. The first kappa shape index (κ1) is 22.7. The van der Waals surface area contributed by atoms with E-state index < -0.39 is 10.8 Å². The summed E-state index contributed by atoms with van der Waals surface area (Å²) in [4.78, 5) is 28.4. The fourth-order valence-corrected chi connectivity index (χ4v) is 9.28. The molecule has 4 fully saturated rings. The van der Waals surface area contributed by atoms with Crippen LogP contribution < -0.4 is 0 Å². The zero-order valence-electron chi connectivity index (χ0n) is 20.5. The first-order valence-corrected chi connectivity index (χ1v) is 13.1. The second-order valence-corrected chi connectivity index (χ2v) is 13.1. The first-order valence-electron chi connectivity index (χ1n) is 12.7. The van der Waals surface area contributed by atoms with E-state index in [0.717, 1.165) is 32.1 Å². The number of Topliss-reactive ketones (excluding diaryl/α,β-unsaturated/α-hetero) is 2. The van der Waals surface area contributed by atoms with Crippen molar-refractivity contribution in [2.45, 2.75) is 80.1 Å². The van der Waals surface area contributed by atoms with Gasteiger partial charge in [-0.3, -0.25) is 9.59 Å². The molecule has 5 rings (SSSR count). The molecule has 0 saturated heterocycles. The van der Waals surface area contributed by atoms with Gasteiger partial charge >= 0.3 is 0 Å². The average Bonchev–Trinajstić information content (AvgIpc) is 3.41. The summed E-state index contributed by atoms with van der Waals surface area (Å²) in [6.45, 7) is 13.1. The number of hydrogen-bond donors (Lipinski definition) is 1. The predicted octanol–water partition coefficient (Wildman–Crippen LogP) is 6.86. The van der Waals surface area contributed by atoms with Gasteiger partial charge in [0.1, 0.15) is 11.2 Å². The number of rotatable bonds is 4. The van der Waals surface area contributed by atoms with Crippen LogP contribution in [-0.4, -0.2) is 16.7 Å². The first-order chi connectivity index (χ1) is 14.9. The van der Waals surface area contributed by atoms with Gasteiger partial charge in [0.05, 0.1) is 5.03 Å². The van der Waals surface area contributed by atoms with Crippen molar-refractivity contribution in [3.8, 4) is 0 Å². The van der Waals surface area contributed by atoms with Crippen LogP contribution >= 0.6 is 11.6 Å². The molecule has 9 atom stereocenters. The third-order valence-electron chi connectivity index (χ3n) is 11.3. The quantitative estimate of drug-likeness (QED) is 0.369. The van der Waals surface area contributed by atoms with E-state index in [9.17, 15) is 14.7 Å². The molecule has 0 aromatic rings. The molecular formula is C28H39ClO3. The summed E-state index contributed by atoms with van der Waals surface area (Å²) in [5.41, 5.74) is -2.40. The van der Waals surface area contributed by atoms with Crippen LogP contribution in [0.1, 0.15) is 80.1 Å². The van der Waals surface area contributed by atoms with Gasteiger partial charge in [-0.25, -0.2) is 0 Å². The summed E-state index contributed by atoms with van der Waals surface area (Å²) in [6, 6.07) is 0. The van der Waals surface area contributed by atoms with Crippen LogP contribution in [0.15, 0.2) is 22.9 Å². The lowest BCUT2D eigenvalue weighted by Gasteiger charge is -2.63. The maximum absolute atomic E-state index is 14.4. The van der Waals surface area contributed by atoms with Crippen molar-refractivity contribution in [2.75, 3.05) is 0 Å². The monoisotopic (exact) mass is 458 g/mol. The van der Waals surface area contributed by atoms with Crippen LogP contribution in [0.2, 0.25) is 0 Å². The summed E-state index contributed by atoms with van der Waals surface area (Å²) in [7, 11) is 0. The molecule has 5 aliphatic rings. The third kappa shape index (κ3) is 2.35. The van der Waals surface area contributed by atoms with E-state index in [1.807, 2.05) is 0 Å². The molecule has 0 amide bonds. The molecule has 0 heterocycles. The zero-order valence-corrected chi connectivity index (χ0v) is 21.3. The van der Waals surface area contributed by atoms with Gasteiger partial charge in [-0.15, -0.1) is 0 Å². The molecule has 176 valence electrons. The van der Waals surface area contributed by atoms with Crippen molar-refractivity contribution in [3.05, 3.63) is 22.9 Å². The molecule has 3 nitrogen and oxygen atoms in total. The molecule has 1 N–H and O–H groups in total. The Balaban J connectivity index is 1.57. The highest BCUT2D eigenvalue weighted by molar-refractivity contribution is 6.37. The molecule has 4 saturated carbocycles. The van der Waals surface area contributed by atoms with Crippen LogP contribution in [0.5, 0.6) is 0 Å². The lowest BCUT2D eigenvalue weighted by atomic mass is 9.38. The standard InChI is InChI=1S/C28H39ClO3/c1-15(2)16(3)7-8-17(4)19-13-21(30)28-20(10-11-25(19,5)24(28)32)26(6)12-9-18-14-27(18,26)23(31)22(28)29/h7-8,15-20,31H,9-14H2,1-6H3/b8-7+/t16-,17+,18?,19+,20+,25+,26+,27-,28+/m0/s1. The van der Waals surface area contributed by atoms with Gasteiger partial charge in [-0.2, -0.15) is 0 Å². The Labute approximate surface area is 198 Å². The molecule has 1 unspecified atom stereocenters. The van der Waals surface area contributed by atoms with Crippen LogP contribution in [0.4, 0.5) is 0 Å². The number of allylic oxidation sites excluding steroid dienone is 4. The number of aliphatic hydroxyl groups is 1. The van der Waals surface area contributed by atoms with Crippen LogP contribution in [0.3, 0.4) is 0 Å². The highest BCUT2D eigenvalue weighted by Gasteiger charge is 2.82. The maximum atomic E-state index is 14.4. The molecule has 32 heavy (non-hydrogen) atoms. The largest absolute Gasteiger partial charge is 0.510 e. The van der Waals surface area contributed by atoms with Crippen molar-refractivity contribution < 1.29 is 14.7 Å². The molecule has 0 aromatic carbocycles. The molecule has 5 aliphatic carbocycles. The number of ketones is 2. The SMILES string of the molecule is CC(C)[C@@H](C)/C=C/[C@@H](C)[C@H]1CC(=O)[C@]23C(=O)[C@]1(C)CC[C@@H]2[C@@]1(C)CCC2C[C@@]21C(O)=C3Cl. The second-order valence-electron chi connectivity index (χ2n) is 12.7. The number of carbonyl (C=O) groups excluding carboxylic acids is 2. The van der Waals surface area contributed by atoms with Crippen LogP contribution in [0.25, 0.3) is 0 Å². The third-order valence-corrected chi connectivity index (χ3v) is 11.8. The zero-order chi connectivity index (χ0) is 23.4. The Hall–Kier alpha value is -1.09. The highest BCUT2D eigenvalue weighted by atomic mass is 35.5. The summed E-state index contributed by atoms with van der Waals surface area (Å²) >= 11 is 6.93. The summed E-state index contributed by atoms with van der Waals surface area (Å²) in [5.74, 6) is 1.67. The predicted molar refractivity (Wildman–Crippen MR) is 127 cm³/mol. The van der Waals surface area contributed by atoms with E-state index in [0.29, 0.717) is 24.2 Å². The smallest absolute Gasteiger partial charge is 0.158 e. The molecule has 0 aliphatic heterocycles. The van der Waals surface area contributed by atoms with Gasteiger partial charge in [0, 0.05) is 17.3 Å². The Bertz CT molecular complexity index is 948. The van der Waals surface area contributed by atoms with Gasteiger partial charge in [0.15, 0.2) is 11.6 Å². The summed E-state index contributed by atoms with van der Waals surface area (Å²) < 4.78 is 0. The topological polar surface area (TPSA) is 54.4 Å². The minimum Gasteiger partial charge on any atom is -0.510 e. The molecule has 2 spiro atoms. The van der Waals surface area contributed by atoms with Crippen molar-refractivity contribution in [2.24, 2.45) is 57.2 Å². The van der Waals surface area contributed by atoms with Crippen molar-refractivity contribution >= 4 is 23.2 Å². The normalized spacial score (nSPS) is 49.2. The van der Waals surface area contributed by atoms with Crippen LogP contribution in [0, 0.1) is 57.2 Å². The fraction of sp³-hybridized carbons (Fsp3) is 0.786. The van der Waals surface area contributed by atoms with E-state index in [4.69, 9.17) is 11.6 Å². The Morgan fingerprint density at radius 3 is 2.38 bits per heavy atom. The Kier molecular flexibility index (Phi) is 4.78. The van der Waals surface area contributed by atoms with Gasteiger partial charge in [-0.1, -0.05) is 65.3 Å². The van der Waals surface area contributed by atoms with Gasteiger partial charge in [0.2, 0.25) is 0 Å². The number of hydrogen-bond acceptors (Lipinski definition) is 3. The van der Waals surface area contributed by atoms with E-state index in [2.05, 4.69) is 53.7 Å². The second kappa shape index (κ2) is 6.74. The fourth-order valence-electron chi connectivity index (χ4n) is 8.79. The Morgan fingerprint density at radius 1 is 1.06 bits per heavy atom. The van der Waals surface area contributed by atoms with E-state index in [-0.39, 0.29) is 50.9 Å². The van der Waals surface area contributed by atoms with Crippen LogP contribution in [-0.2, 0) is 9.59 Å². The highest BCUT2D eigenvalue weighted by Crippen LogP contribution is 2.84. The summed E-state index contributed by atoms with van der Waals surface area (Å²) in [6.07, 6.45) is 9.50. The molecule has 4 heteroatoms. The molecule has 0 aromatic heterocycles. The molecular weight excluding hydrogens is 420 g/mol. The van der Waals surface area contributed by atoms with E-state index >= 15 is 0 Å². The van der Waals surface area contributed by atoms with Gasteiger partial charge in [0.25, 0.3) is 0 Å². The molecule has 0 radical (unpaired) electrons. The number of halogens is 1. The van der Waals surface area contributed by atoms with Crippen molar-refractivity contribution in [3.63, 3.8) is 0 Å². The van der Waals surface area contributed by atoms with Gasteiger partial charge < -0.3 is 5.11 Å². The number of carbonyl (C=O) groups is 2. The number of fused-ring (bicyclic) bond motifs is 2. The van der Waals surface area contributed by atoms with Crippen molar-refractivity contribution in [1.82, 2.24) is 0 Å². The molecule has 2 bridgehead atoms. The lowest BCUT2D eigenvalue weighted by molar-refractivity contribution is -0.176. The van der Waals surface area contributed by atoms with E-state index in [1.54, 1.807) is 0 Å². The maximum Gasteiger partial charge on any atom is 0.158 e. The Morgan fingerprint density at radius 2 is 1.75 bits per heavy atom. The van der Waals surface area contributed by atoms with E-state index in [1.165, 1.54) is 0 Å². The minimum atomic E-state index is -1.32. The minimum absolute atomic E-state index is 0.00335. The van der Waals surface area contributed by atoms with Crippen molar-refractivity contribution in [1.29, 1.82) is 0 Å². The summed E-state index contributed by atoms with van der Waals surface area (Å²) in [5, 5.41) is 11.6. The average molecular weight is 459 g/mol.